The van der Waals surface area contributed by atoms with Gasteiger partial charge in [0.25, 0.3) is 0 Å². The predicted octanol–water partition coefficient (Wildman–Crippen LogP) is 2.57. The average molecular weight is 242 g/mol. The van der Waals surface area contributed by atoms with Gasteiger partial charge in [0.15, 0.2) is 16.7 Å². The van der Waals surface area contributed by atoms with E-state index in [2.05, 4.69) is 15.0 Å². The summed E-state index contributed by atoms with van der Waals surface area (Å²) >= 11 is 7.44. The van der Waals surface area contributed by atoms with Crippen LogP contribution < -0.4 is 4.74 Å². The molecule has 0 amide bonds. The van der Waals surface area contributed by atoms with Crippen LogP contribution in [-0.2, 0) is 0 Å². The second-order valence-electron chi connectivity index (χ2n) is 2.83. The molecule has 0 fully saturated rings. The van der Waals surface area contributed by atoms with Gasteiger partial charge in [-0.05, 0) is 6.92 Å². The maximum Gasteiger partial charge on any atom is 0.180 e. The number of hydrogen-bond acceptors (Lipinski definition) is 5. The number of aromatic nitrogens is 3. The molecule has 2 aromatic heterocycles. The molecule has 0 saturated heterocycles. The molecule has 0 radical (unpaired) electrons. The Balaban J connectivity index is 2.53. The van der Waals surface area contributed by atoms with Gasteiger partial charge in [-0.3, -0.25) is 0 Å². The maximum absolute atomic E-state index is 5.95. The molecule has 2 aromatic rings. The zero-order valence-corrected chi connectivity index (χ0v) is 9.76. The molecule has 4 nitrogen and oxygen atoms in total. The van der Waals surface area contributed by atoms with Gasteiger partial charge in [-0.1, -0.05) is 11.6 Å². The minimum atomic E-state index is 0.313. The number of thiazole rings is 1. The number of aryl methyl sites for hydroxylation is 1. The highest BCUT2D eigenvalue weighted by Crippen LogP contribution is 2.27. The summed E-state index contributed by atoms with van der Waals surface area (Å²) in [6, 6.07) is 0. The molecule has 0 atom stereocenters. The molecular formula is C9H8ClN3OS. The third-order valence-corrected chi connectivity index (χ3v) is 2.70. The van der Waals surface area contributed by atoms with E-state index >= 15 is 0 Å². The second kappa shape index (κ2) is 4.12. The van der Waals surface area contributed by atoms with Crippen molar-refractivity contribution in [3.05, 3.63) is 21.7 Å². The second-order valence-corrected chi connectivity index (χ2v) is 3.91. The summed E-state index contributed by atoms with van der Waals surface area (Å²) in [5, 5.41) is 2.19. The highest BCUT2D eigenvalue weighted by atomic mass is 35.5. The molecule has 0 spiro atoms. The molecule has 0 unspecified atom stereocenters. The van der Waals surface area contributed by atoms with Crippen LogP contribution in [-0.4, -0.2) is 22.1 Å². The highest BCUT2D eigenvalue weighted by Gasteiger charge is 2.12. The Bertz CT molecular complexity index is 449. The topological polar surface area (TPSA) is 47.9 Å². The maximum atomic E-state index is 5.95. The summed E-state index contributed by atoms with van der Waals surface area (Å²) in [4.78, 5) is 12.5. The molecular weight excluding hydrogens is 234 g/mol. The summed E-state index contributed by atoms with van der Waals surface area (Å²) in [6.45, 7) is 1.82. The number of rotatable bonds is 2. The van der Waals surface area contributed by atoms with Crippen molar-refractivity contribution in [3.8, 4) is 17.3 Å². The molecule has 15 heavy (non-hydrogen) atoms. The van der Waals surface area contributed by atoms with Crippen LogP contribution in [0.1, 0.15) is 5.69 Å². The van der Waals surface area contributed by atoms with Crippen LogP contribution in [0.3, 0.4) is 0 Å². The van der Waals surface area contributed by atoms with Crippen molar-refractivity contribution < 1.29 is 4.74 Å². The van der Waals surface area contributed by atoms with Gasteiger partial charge in [0.1, 0.15) is 5.69 Å². The van der Waals surface area contributed by atoms with E-state index in [1.54, 1.807) is 12.6 Å². The van der Waals surface area contributed by atoms with Gasteiger partial charge in [-0.2, -0.15) is 0 Å². The number of methoxy groups -OCH3 is 1. The minimum Gasteiger partial charge on any atom is -0.492 e. The van der Waals surface area contributed by atoms with Crippen molar-refractivity contribution in [2.24, 2.45) is 0 Å². The van der Waals surface area contributed by atoms with Crippen molar-refractivity contribution >= 4 is 22.9 Å². The third kappa shape index (κ3) is 1.93. The molecule has 0 N–H and O–H groups in total. The molecule has 0 aromatic carbocycles. The van der Waals surface area contributed by atoms with E-state index in [4.69, 9.17) is 16.3 Å². The molecule has 0 saturated carbocycles. The summed E-state index contributed by atoms with van der Waals surface area (Å²) in [6.07, 6.45) is 0. The van der Waals surface area contributed by atoms with E-state index in [1.165, 1.54) is 11.3 Å². The van der Waals surface area contributed by atoms with Crippen molar-refractivity contribution in [1.29, 1.82) is 0 Å². The zero-order chi connectivity index (χ0) is 10.8. The fraction of sp³-hybridized carbons (Fsp3) is 0.222. The summed E-state index contributed by atoms with van der Waals surface area (Å²) in [7, 11) is 1.54. The zero-order valence-electron chi connectivity index (χ0n) is 8.19. The van der Waals surface area contributed by atoms with Gasteiger partial charge in [0.2, 0.25) is 0 Å². The molecule has 0 aliphatic carbocycles. The minimum absolute atomic E-state index is 0.313. The monoisotopic (exact) mass is 241 g/mol. The molecule has 6 heteroatoms. The first-order valence-electron chi connectivity index (χ1n) is 4.19. The number of halogens is 1. The van der Waals surface area contributed by atoms with Crippen LogP contribution in [0.2, 0.25) is 5.15 Å². The quantitative estimate of drug-likeness (QED) is 0.759. The van der Waals surface area contributed by atoms with Crippen molar-refractivity contribution in [1.82, 2.24) is 15.0 Å². The SMILES string of the molecule is COc1c(C)nc(-c2cscn2)nc1Cl. The van der Waals surface area contributed by atoms with Gasteiger partial charge in [0.05, 0.1) is 18.3 Å². The largest absolute Gasteiger partial charge is 0.492 e. The lowest BCUT2D eigenvalue weighted by atomic mass is 10.3. The van der Waals surface area contributed by atoms with E-state index in [1.807, 2.05) is 12.3 Å². The first-order chi connectivity index (χ1) is 7.22. The fourth-order valence-electron chi connectivity index (χ4n) is 1.20. The third-order valence-electron chi connectivity index (χ3n) is 1.86. The van der Waals surface area contributed by atoms with Gasteiger partial charge in [-0.15, -0.1) is 11.3 Å². The summed E-state index contributed by atoms with van der Waals surface area (Å²) < 4.78 is 5.07. The molecule has 0 bridgehead atoms. The molecule has 0 aliphatic heterocycles. The van der Waals surface area contributed by atoms with Gasteiger partial charge in [-0.25, -0.2) is 15.0 Å². The van der Waals surface area contributed by atoms with Crippen molar-refractivity contribution in [2.75, 3.05) is 7.11 Å². The first kappa shape index (κ1) is 10.3. The number of ether oxygens (including phenoxy) is 1. The summed E-state index contributed by atoms with van der Waals surface area (Å²) in [5.41, 5.74) is 3.17. The lowest BCUT2D eigenvalue weighted by Gasteiger charge is -2.06. The molecule has 2 heterocycles. The van der Waals surface area contributed by atoms with E-state index in [9.17, 15) is 0 Å². The van der Waals surface area contributed by atoms with Gasteiger partial charge in [0, 0.05) is 5.38 Å². The Kier molecular flexibility index (Phi) is 2.83. The van der Waals surface area contributed by atoms with Gasteiger partial charge < -0.3 is 4.74 Å². The Morgan fingerprint density at radius 1 is 1.40 bits per heavy atom. The van der Waals surface area contributed by atoms with Crippen LogP contribution in [0.25, 0.3) is 11.5 Å². The molecule has 0 aliphatic rings. The highest BCUT2D eigenvalue weighted by molar-refractivity contribution is 7.07. The molecule has 2 rings (SSSR count). The van der Waals surface area contributed by atoms with Crippen LogP contribution in [0, 0.1) is 6.92 Å². The summed E-state index contributed by atoms with van der Waals surface area (Å²) in [5.74, 6) is 1.04. The van der Waals surface area contributed by atoms with Crippen LogP contribution in [0.15, 0.2) is 10.9 Å². The lowest BCUT2D eigenvalue weighted by molar-refractivity contribution is 0.407. The van der Waals surface area contributed by atoms with Crippen molar-refractivity contribution in [2.45, 2.75) is 6.92 Å². The Labute approximate surface area is 95.9 Å². The van der Waals surface area contributed by atoms with E-state index in [-0.39, 0.29) is 0 Å². The van der Waals surface area contributed by atoms with E-state index < -0.39 is 0 Å². The van der Waals surface area contributed by atoms with Crippen molar-refractivity contribution in [3.63, 3.8) is 0 Å². The van der Waals surface area contributed by atoms with Crippen LogP contribution >= 0.6 is 22.9 Å². The fourth-order valence-corrected chi connectivity index (χ4v) is 2.02. The Hall–Kier alpha value is -1.20. The lowest BCUT2D eigenvalue weighted by Crippen LogP contribution is -1.97. The number of nitrogens with zero attached hydrogens (tertiary/aromatic N) is 3. The standard InChI is InChI=1S/C9H8ClN3OS/c1-5-7(14-2)8(10)13-9(12-5)6-3-15-4-11-6/h3-4H,1-2H3. The molecule has 78 valence electrons. The predicted molar refractivity (Wildman–Crippen MR) is 59.4 cm³/mol. The van der Waals surface area contributed by atoms with Gasteiger partial charge >= 0.3 is 0 Å². The first-order valence-corrected chi connectivity index (χ1v) is 5.51. The van der Waals surface area contributed by atoms with E-state index in [0.29, 0.717) is 22.4 Å². The van der Waals surface area contributed by atoms with Crippen LogP contribution in [0.4, 0.5) is 0 Å². The van der Waals surface area contributed by atoms with E-state index in [0.717, 1.165) is 5.69 Å². The average Bonchev–Trinajstić information content (AvgIpc) is 2.69. The Morgan fingerprint density at radius 2 is 2.20 bits per heavy atom. The smallest absolute Gasteiger partial charge is 0.180 e. The normalized spacial score (nSPS) is 10.3. The van der Waals surface area contributed by atoms with Crippen LogP contribution in [0.5, 0.6) is 5.75 Å². The number of hydrogen-bond donors (Lipinski definition) is 0. The Morgan fingerprint density at radius 3 is 2.73 bits per heavy atom.